The van der Waals surface area contributed by atoms with Gasteiger partial charge in [0.15, 0.2) is 0 Å². The maximum atomic E-state index is 11.2. The summed E-state index contributed by atoms with van der Waals surface area (Å²) >= 11 is 0. The molecule has 0 aliphatic heterocycles. The van der Waals surface area contributed by atoms with E-state index in [4.69, 9.17) is 4.84 Å². The summed E-state index contributed by atoms with van der Waals surface area (Å²) in [7, 11) is 0. The van der Waals surface area contributed by atoms with Crippen molar-refractivity contribution in [3.8, 4) is 0 Å². The average Bonchev–Trinajstić information content (AvgIpc) is 2.16. The SMILES string of the molecule is Cc1ccc(NOC(=O)CC(C)C)cc1. The Morgan fingerprint density at radius 1 is 1.33 bits per heavy atom. The summed E-state index contributed by atoms with van der Waals surface area (Å²) in [6, 6.07) is 7.66. The number of rotatable bonds is 4. The second-order valence-corrected chi connectivity index (χ2v) is 4.04. The Labute approximate surface area is 90.4 Å². The Kier molecular flexibility index (Phi) is 4.16. The number of hydrogen-bond acceptors (Lipinski definition) is 3. The Morgan fingerprint density at radius 2 is 1.93 bits per heavy atom. The number of carbonyl (C=O) groups is 1. The van der Waals surface area contributed by atoms with E-state index in [-0.39, 0.29) is 5.97 Å². The van der Waals surface area contributed by atoms with Crippen LogP contribution < -0.4 is 5.48 Å². The molecule has 0 aromatic heterocycles. The molecule has 3 heteroatoms. The van der Waals surface area contributed by atoms with Crippen LogP contribution in [-0.2, 0) is 9.63 Å². The minimum absolute atomic E-state index is 0.231. The first-order valence-corrected chi connectivity index (χ1v) is 5.10. The molecule has 1 N–H and O–H groups in total. The third kappa shape index (κ3) is 4.49. The molecule has 0 unspecified atom stereocenters. The first kappa shape index (κ1) is 11.6. The zero-order valence-corrected chi connectivity index (χ0v) is 9.41. The number of carbonyl (C=O) groups excluding carboxylic acids is 1. The second-order valence-electron chi connectivity index (χ2n) is 4.04. The van der Waals surface area contributed by atoms with Crippen LogP contribution in [-0.4, -0.2) is 5.97 Å². The minimum atomic E-state index is -0.231. The summed E-state index contributed by atoms with van der Waals surface area (Å²) < 4.78 is 0. The van der Waals surface area contributed by atoms with E-state index in [1.54, 1.807) is 0 Å². The fourth-order valence-electron chi connectivity index (χ4n) is 1.11. The highest BCUT2D eigenvalue weighted by molar-refractivity contribution is 5.70. The predicted octanol–water partition coefficient (Wildman–Crippen LogP) is 2.91. The number of benzene rings is 1. The van der Waals surface area contributed by atoms with Crippen molar-refractivity contribution in [2.75, 3.05) is 5.48 Å². The molecule has 0 saturated heterocycles. The van der Waals surface area contributed by atoms with Crippen molar-refractivity contribution in [1.82, 2.24) is 0 Å². The molecular formula is C12H17NO2. The highest BCUT2D eigenvalue weighted by atomic mass is 16.7. The molecule has 0 aliphatic carbocycles. The van der Waals surface area contributed by atoms with Crippen LogP contribution in [0.3, 0.4) is 0 Å². The molecule has 1 rings (SSSR count). The van der Waals surface area contributed by atoms with Crippen LogP contribution in [0.4, 0.5) is 5.69 Å². The predicted molar refractivity (Wildman–Crippen MR) is 60.3 cm³/mol. The summed E-state index contributed by atoms with van der Waals surface area (Å²) in [6.45, 7) is 5.97. The molecule has 0 saturated carbocycles. The molecule has 0 heterocycles. The molecular weight excluding hydrogens is 190 g/mol. The van der Waals surface area contributed by atoms with Gasteiger partial charge in [0, 0.05) is 0 Å². The first-order chi connectivity index (χ1) is 7.08. The van der Waals surface area contributed by atoms with Gasteiger partial charge in [-0.15, -0.1) is 0 Å². The van der Waals surface area contributed by atoms with E-state index in [1.807, 2.05) is 45.0 Å². The molecule has 0 amide bonds. The number of anilines is 1. The van der Waals surface area contributed by atoms with E-state index in [2.05, 4.69) is 5.48 Å². The largest absolute Gasteiger partial charge is 0.343 e. The van der Waals surface area contributed by atoms with Gasteiger partial charge < -0.3 is 4.84 Å². The monoisotopic (exact) mass is 207 g/mol. The van der Waals surface area contributed by atoms with Gasteiger partial charge in [-0.1, -0.05) is 31.5 Å². The second kappa shape index (κ2) is 5.39. The van der Waals surface area contributed by atoms with Gasteiger partial charge in [0.25, 0.3) is 0 Å². The normalized spacial score (nSPS) is 10.1. The Hall–Kier alpha value is -1.51. The van der Waals surface area contributed by atoms with Crippen molar-refractivity contribution in [3.05, 3.63) is 29.8 Å². The van der Waals surface area contributed by atoms with Crippen LogP contribution in [0.2, 0.25) is 0 Å². The quantitative estimate of drug-likeness (QED) is 0.771. The van der Waals surface area contributed by atoms with Gasteiger partial charge in [-0.05, 0) is 25.0 Å². The van der Waals surface area contributed by atoms with E-state index >= 15 is 0 Å². The third-order valence-corrected chi connectivity index (χ3v) is 1.91. The van der Waals surface area contributed by atoms with Gasteiger partial charge in [0.2, 0.25) is 0 Å². The lowest BCUT2D eigenvalue weighted by Crippen LogP contribution is -2.12. The van der Waals surface area contributed by atoms with Crippen molar-refractivity contribution >= 4 is 11.7 Å². The zero-order chi connectivity index (χ0) is 11.3. The maximum Gasteiger partial charge on any atom is 0.332 e. The summed E-state index contributed by atoms with van der Waals surface area (Å²) in [5.41, 5.74) is 4.59. The highest BCUT2D eigenvalue weighted by Gasteiger charge is 2.05. The van der Waals surface area contributed by atoms with E-state index in [1.165, 1.54) is 5.56 Å². The van der Waals surface area contributed by atoms with Crippen molar-refractivity contribution in [2.24, 2.45) is 5.92 Å². The van der Waals surface area contributed by atoms with Crippen molar-refractivity contribution in [3.63, 3.8) is 0 Å². The van der Waals surface area contributed by atoms with Crippen molar-refractivity contribution in [1.29, 1.82) is 0 Å². The van der Waals surface area contributed by atoms with Crippen LogP contribution in [0.1, 0.15) is 25.8 Å². The smallest absolute Gasteiger partial charge is 0.332 e. The number of nitrogens with one attached hydrogen (secondary N) is 1. The highest BCUT2D eigenvalue weighted by Crippen LogP contribution is 2.09. The van der Waals surface area contributed by atoms with Crippen LogP contribution in [0, 0.1) is 12.8 Å². The minimum Gasteiger partial charge on any atom is -0.343 e. The molecule has 1 aromatic carbocycles. The standard InChI is InChI=1S/C12H17NO2/c1-9(2)8-12(14)15-13-11-6-4-10(3)5-7-11/h4-7,9,13H,8H2,1-3H3. The Balaban J connectivity index is 2.37. The molecule has 0 fully saturated rings. The van der Waals surface area contributed by atoms with E-state index in [0.717, 1.165) is 5.69 Å². The topological polar surface area (TPSA) is 38.3 Å². The lowest BCUT2D eigenvalue weighted by atomic mass is 10.1. The summed E-state index contributed by atoms with van der Waals surface area (Å²) in [4.78, 5) is 16.1. The Morgan fingerprint density at radius 3 is 2.47 bits per heavy atom. The van der Waals surface area contributed by atoms with Crippen molar-refractivity contribution in [2.45, 2.75) is 27.2 Å². The summed E-state index contributed by atoms with van der Waals surface area (Å²) in [6.07, 6.45) is 0.429. The van der Waals surface area contributed by atoms with Gasteiger partial charge in [-0.3, -0.25) is 0 Å². The molecule has 0 aliphatic rings. The van der Waals surface area contributed by atoms with E-state index in [0.29, 0.717) is 12.3 Å². The maximum absolute atomic E-state index is 11.2. The van der Waals surface area contributed by atoms with Gasteiger partial charge >= 0.3 is 5.97 Å². The molecule has 0 atom stereocenters. The zero-order valence-electron chi connectivity index (χ0n) is 9.41. The third-order valence-electron chi connectivity index (χ3n) is 1.91. The van der Waals surface area contributed by atoms with Gasteiger partial charge in [-0.2, -0.15) is 0 Å². The van der Waals surface area contributed by atoms with Gasteiger partial charge in [0.05, 0.1) is 12.1 Å². The lowest BCUT2D eigenvalue weighted by molar-refractivity contribution is -0.141. The number of aryl methyl sites for hydroxylation is 1. The molecule has 0 radical (unpaired) electrons. The van der Waals surface area contributed by atoms with Crippen LogP contribution in [0.5, 0.6) is 0 Å². The van der Waals surface area contributed by atoms with Gasteiger partial charge in [-0.25, -0.2) is 10.3 Å². The molecule has 3 nitrogen and oxygen atoms in total. The van der Waals surface area contributed by atoms with E-state index in [9.17, 15) is 4.79 Å². The molecule has 0 bridgehead atoms. The van der Waals surface area contributed by atoms with Gasteiger partial charge in [0.1, 0.15) is 0 Å². The molecule has 15 heavy (non-hydrogen) atoms. The fraction of sp³-hybridized carbons (Fsp3) is 0.417. The Bertz CT molecular complexity index is 317. The molecule has 82 valence electrons. The van der Waals surface area contributed by atoms with E-state index < -0.39 is 0 Å². The van der Waals surface area contributed by atoms with Crippen molar-refractivity contribution < 1.29 is 9.63 Å². The average molecular weight is 207 g/mol. The summed E-state index contributed by atoms with van der Waals surface area (Å²) in [5.74, 6) is 0.0860. The van der Waals surface area contributed by atoms with Crippen LogP contribution in [0.15, 0.2) is 24.3 Å². The molecule has 0 spiro atoms. The van der Waals surface area contributed by atoms with Crippen LogP contribution in [0.25, 0.3) is 0 Å². The number of hydrogen-bond donors (Lipinski definition) is 1. The molecule has 1 aromatic rings. The van der Waals surface area contributed by atoms with Crippen LogP contribution >= 0.6 is 0 Å². The summed E-state index contributed by atoms with van der Waals surface area (Å²) in [5, 5.41) is 0. The lowest BCUT2D eigenvalue weighted by Gasteiger charge is -2.08. The fourth-order valence-corrected chi connectivity index (χ4v) is 1.11. The first-order valence-electron chi connectivity index (χ1n) is 5.10.